The van der Waals surface area contributed by atoms with E-state index >= 15 is 0 Å². The Morgan fingerprint density at radius 1 is 0.967 bits per heavy atom. The first-order valence-corrected chi connectivity index (χ1v) is 14.2. The Morgan fingerprint density at radius 3 is 2.03 bits per heavy atom. The quantitative estimate of drug-likeness (QED) is 0.406. The van der Waals surface area contributed by atoms with Gasteiger partial charge in [0.15, 0.2) is 0 Å². The molecule has 0 saturated carbocycles. The molecular formula is C20H37N3O5S2. The minimum atomic E-state index is -3.67. The molecule has 174 valence electrons. The van der Waals surface area contributed by atoms with Crippen LogP contribution in [0, 0.1) is 0 Å². The standard InChI is InChI=1S/C19H33N3O2S.CH4O3S/c1-3-14-21(22-15-6-4-7-16-22)17-8-5-9-18-10-12-19(13-11-18)20-25(2,23)24;1-5(2,3)4/h10-13,20H,3-9,14-17H2,1-2H3;1H3,(H,2,3,4). The molecule has 2 N–H and O–H groups in total. The Bertz CT molecular complexity index is 797. The maximum Gasteiger partial charge on any atom is 0.261 e. The van der Waals surface area contributed by atoms with Crippen molar-refractivity contribution in [3.8, 4) is 0 Å². The first kappa shape index (κ1) is 26.8. The summed E-state index contributed by atoms with van der Waals surface area (Å²) in [6, 6.07) is 7.71. The van der Waals surface area contributed by atoms with Crippen LogP contribution in [-0.4, -0.2) is 70.1 Å². The van der Waals surface area contributed by atoms with Crippen LogP contribution in [0.5, 0.6) is 0 Å². The third-order valence-corrected chi connectivity index (χ3v) is 5.21. The van der Waals surface area contributed by atoms with Crippen molar-refractivity contribution < 1.29 is 21.4 Å². The molecule has 0 atom stereocenters. The third-order valence-electron chi connectivity index (χ3n) is 4.60. The Hall–Kier alpha value is -1.20. The third kappa shape index (κ3) is 13.9. The van der Waals surface area contributed by atoms with E-state index in [4.69, 9.17) is 4.55 Å². The lowest BCUT2D eigenvalue weighted by Crippen LogP contribution is -2.46. The largest absolute Gasteiger partial charge is 0.286 e. The molecule has 0 aliphatic carbocycles. The number of piperidine rings is 1. The summed E-state index contributed by atoms with van der Waals surface area (Å²) in [5, 5.41) is 5.11. The van der Waals surface area contributed by atoms with E-state index < -0.39 is 20.1 Å². The normalized spacial score (nSPS) is 15.5. The molecule has 1 saturated heterocycles. The fourth-order valence-corrected chi connectivity index (χ4v) is 3.95. The number of hydrogen-bond acceptors (Lipinski definition) is 6. The highest BCUT2D eigenvalue weighted by Crippen LogP contribution is 2.15. The Labute approximate surface area is 182 Å². The van der Waals surface area contributed by atoms with Crippen LogP contribution in [0.25, 0.3) is 0 Å². The summed E-state index contributed by atoms with van der Waals surface area (Å²) in [4.78, 5) is 0. The minimum absolute atomic E-state index is 0.630. The second kappa shape index (κ2) is 13.3. The molecule has 0 spiro atoms. The van der Waals surface area contributed by atoms with Crippen molar-refractivity contribution in [2.75, 3.05) is 43.4 Å². The number of aryl methyl sites for hydroxylation is 1. The Balaban J connectivity index is 0.000000804. The lowest BCUT2D eigenvalue weighted by molar-refractivity contribution is -0.0403. The maximum atomic E-state index is 11.2. The molecule has 0 aromatic heterocycles. The summed E-state index contributed by atoms with van der Waals surface area (Å²) in [6.45, 7) is 6.99. The van der Waals surface area contributed by atoms with Gasteiger partial charge >= 0.3 is 0 Å². The predicted octanol–water partition coefficient (Wildman–Crippen LogP) is 3.00. The van der Waals surface area contributed by atoms with Crippen LogP contribution >= 0.6 is 0 Å². The van der Waals surface area contributed by atoms with Gasteiger partial charge in [-0.3, -0.25) is 9.27 Å². The smallest absolute Gasteiger partial charge is 0.261 e. The van der Waals surface area contributed by atoms with Crippen LogP contribution in [-0.2, 0) is 26.6 Å². The first-order valence-electron chi connectivity index (χ1n) is 10.5. The lowest BCUT2D eigenvalue weighted by atomic mass is 10.1. The van der Waals surface area contributed by atoms with Gasteiger partial charge in [0.2, 0.25) is 10.0 Å². The van der Waals surface area contributed by atoms with E-state index in [0.29, 0.717) is 11.9 Å². The van der Waals surface area contributed by atoms with Crippen LogP contribution in [0.3, 0.4) is 0 Å². The van der Waals surface area contributed by atoms with Gasteiger partial charge in [0, 0.05) is 31.9 Å². The lowest BCUT2D eigenvalue weighted by Gasteiger charge is -2.37. The second-order valence-electron chi connectivity index (χ2n) is 7.73. The van der Waals surface area contributed by atoms with Crippen LogP contribution in [0.15, 0.2) is 24.3 Å². The van der Waals surface area contributed by atoms with Crippen molar-refractivity contribution in [2.24, 2.45) is 0 Å². The number of sulfonamides is 1. The monoisotopic (exact) mass is 463 g/mol. The van der Waals surface area contributed by atoms with Gasteiger partial charge < -0.3 is 0 Å². The average molecular weight is 464 g/mol. The van der Waals surface area contributed by atoms with Gasteiger partial charge in [-0.05, 0) is 56.2 Å². The topological polar surface area (TPSA) is 107 Å². The number of anilines is 1. The fraction of sp³-hybridized carbons (Fsp3) is 0.700. The van der Waals surface area contributed by atoms with Crippen LogP contribution in [0.4, 0.5) is 5.69 Å². The van der Waals surface area contributed by atoms with E-state index in [1.54, 1.807) is 0 Å². The molecule has 30 heavy (non-hydrogen) atoms. The van der Waals surface area contributed by atoms with E-state index in [2.05, 4.69) is 21.7 Å². The molecule has 1 aromatic carbocycles. The van der Waals surface area contributed by atoms with Gasteiger partial charge in [-0.15, -0.1) is 0 Å². The van der Waals surface area contributed by atoms with Crippen molar-refractivity contribution in [1.29, 1.82) is 0 Å². The number of unbranched alkanes of at least 4 members (excludes halogenated alkanes) is 1. The van der Waals surface area contributed by atoms with Gasteiger partial charge in [-0.1, -0.05) is 25.5 Å². The average Bonchev–Trinajstić information content (AvgIpc) is 2.64. The molecule has 1 aromatic rings. The molecule has 0 bridgehead atoms. The van der Waals surface area contributed by atoms with Crippen molar-refractivity contribution in [3.05, 3.63) is 29.8 Å². The molecular weight excluding hydrogens is 426 g/mol. The number of hydrazine groups is 1. The van der Waals surface area contributed by atoms with Crippen molar-refractivity contribution in [3.63, 3.8) is 0 Å². The molecule has 0 radical (unpaired) electrons. The maximum absolute atomic E-state index is 11.2. The van der Waals surface area contributed by atoms with Crippen molar-refractivity contribution in [1.82, 2.24) is 10.0 Å². The number of hydrogen-bond donors (Lipinski definition) is 2. The SMILES string of the molecule is CCCN(CCCCc1ccc(NS(C)(=O)=O)cc1)N1CCCCC1.CS(=O)(=O)O. The summed E-state index contributed by atoms with van der Waals surface area (Å²) < 4.78 is 50.8. The molecule has 8 nitrogen and oxygen atoms in total. The molecule has 0 unspecified atom stereocenters. The van der Waals surface area contributed by atoms with Gasteiger partial charge in [0.25, 0.3) is 10.1 Å². The molecule has 10 heteroatoms. The second-order valence-corrected chi connectivity index (χ2v) is 10.9. The number of benzene rings is 1. The zero-order chi connectivity index (χ0) is 22.6. The number of nitrogens with zero attached hydrogens (tertiary/aromatic N) is 2. The van der Waals surface area contributed by atoms with Gasteiger partial charge in [0.1, 0.15) is 0 Å². The Kier molecular flexibility index (Phi) is 11.9. The molecule has 1 aliphatic heterocycles. The zero-order valence-corrected chi connectivity index (χ0v) is 20.0. The van der Waals surface area contributed by atoms with Crippen LogP contribution < -0.4 is 4.72 Å². The van der Waals surface area contributed by atoms with E-state index in [9.17, 15) is 16.8 Å². The molecule has 1 fully saturated rings. The van der Waals surface area contributed by atoms with E-state index in [-0.39, 0.29) is 0 Å². The Morgan fingerprint density at radius 2 is 1.53 bits per heavy atom. The van der Waals surface area contributed by atoms with Gasteiger partial charge in [0.05, 0.1) is 12.5 Å². The van der Waals surface area contributed by atoms with Gasteiger partial charge in [-0.25, -0.2) is 18.4 Å². The highest BCUT2D eigenvalue weighted by molar-refractivity contribution is 7.92. The van der Waals surface area contributed by atoms with E-state index in [1.807, 2.05) is 24.3 Å². The predicted molar refractivity (Wildman–Crippen MR) is 123 cm³/mol. The molecule has 2 rings (SSSR count). The highest BCUT2D eigenvalue weighted by Gasteiger charge is 2.16. The summed E-state index contributed by atoms with van der Waals surface area (Å²) in [5.74, 6) is 0. The van der Waals surface area contributed by atoms with Crippen LogP contribution in [0.2, 0.25) is 0 Å². The molecule has 1 aliphatic rings. The summed E-state index contributed by atoms with van der Waals surface area (Å²) >= 11 is 0. The molecule has 1 heterocycles. The van der Waals surface area contributed by atoms with Crippen LogP contribution in [0.1, 0.15) is 51.0 Å². The first-order chi connectivity index (χ1) is 14.0. The fourth-order valence-electron chi connectivity index (χ4n) is 3.39. The van der Waals surface area contributed by atoms with Gasteiger partial charge in [-0.2, -0.15) is 8.42 Å². The number of rotatable bonds is 10. The zero-order valence-electron chi connectivity index (χ0n) is 18.4. The summed E-state index contributed by atoms with van der Waals surface area (Å²) in [5.41, 5.74) is 1.89. The van der Waals surface area contributed by atoms with E-state index in [1.165, 1.54) is 57.0 Å². The summed E-state index contributed by atoms with van der Waals surface area (Å²) in [6.07, 6.45) is 10.5. The molecule has 0 amide bonds. The summed E-state index contributed by atoms with van der Waals surface area (Å²) in [7, 11) is -6.86. The minimum Gasteiger partial charge on any atom is -0.286 e. The van der Waals surface area contributed by atoms with E-state index in [0.717, 1.165) is 25.9 Å². The van der Waals surface area contributed by atoms with Crippen molar-refractivity contribution in [2.45, 2.75) is 51.9 Å². The van der Waals surface area contributed by atoms with Crippen molar-refractivity contribution >= 4 is 25.8 Å². The highest BCUT2D eigenvalue weighted by atomic mass is 32.2. The number of nitrogens with one attached hydrogen (secondary N) is 1.